The van der Waals surface area contributed by atoms with E-state index >= 15 is 0 Å². The van der Waals surface area contributed by atoms with Gasteiger partial charge in [0.25, 0.3) is 0 Å². The van der Waals surface area contributed by atoms with E-state index in [1.165, 1.54) is 36.7 Å². The predicted molar refractivity (Wildman–Crippen MR) is 107 cm³/mol. The zero-order chi connectivity index (χ0) is 21.9. The van der Waals surface area contributed by atoms with E-state index in [1.54, 1.807) is 19.1 Å². The van der Waals surface area contributed by atoms with E-state index in [9.17, 15) is 25.6 Å². The lowest BCUT2D eigenvalue weighted by atomic mass is 10.2. The number of aryl methyl sites for hydroxylation is 1. The first kappa shape index (κ1) is 22.0. The summed E-state index contributed by atoms with van der Waals surface area (Å²) in [4.78, 5) is 3.00. The summed E-state index contributed by atoms with van der Waals surface area (Å²) in [6, 6.07) is 11.1. The van der Waals surface area contributed by atoms with Crippen LogP contribution in [0.2, 0.25) is 0 Å². The van der Waals surface area contributed by atoms with Crippen molar-refractivity contribution in [1.29, 1.82) is 0 Å². The van der Waals surface area contributed by atoms with Crippen molar-refractivity contribution >= 4 is 19.9 Å². The van der Waals surface area contributed by atoms with E-state index in [4.69, 9.17) is 0 Å². The number of nitrogens with one attached hydrogen (secondary N) is 1. The number of aromatic nitrogens is 1. The van der Waals surface area contributed by atoms with Gasteiger partial charge in [0.15, 0.2) is 9.84 Å². The topological polar surface area (TPSA) is 93.2 Å². The normalized spacial score (nSPS) is 13.2. The minimum atomic E-state index is -4.52. The van der Waals surface area contributed by atoms with Crippen molar-refractivity contribution in [3.63, 3.8) is 0 Å². The molecule has 1 atom stereocenters. The first-order valence-corrected chi connectivity index (χ1v) is 11.8. The van der Waals surface area contributed by atoms with Crippen LogP contribution < -0.4 is 4.72 Å². The predicted octanol–water partition coefficient (Wildman–Crippen LogP) is 3.16. The Balaban J connectivity index is 1.98. The molecule has 0 saturated carbocycles. The fourth-order valence-corrected chi connectivity index (χ4v) is 5.70. The molecule has 10 heteroatoms. The second kappa shape index (κ2) is 8.58. The lowest BCUT2D eigenvalue weighted by molar-refractivity contribution is 0.543. The molecule has 3 rings (SSSR count). The average molecular weight is 453 g/mol. The third-order valence-corrected chi connectivity index (χ3v) is 7.98. The first-order chi connectivity index (χ1) is 14.1. The highest BCUT2D eigenvalue weighted by atomic mass is 32.2. The van der Waals surface area contributed by atoms with Gasteiger partial charge in [-0.25, -0.2) is 30.3 Å². The zero-order valence-electron chi connectivity index (χ0n) is 15.8. The van der Waals surface area contributed by atoms with Crippen molar-refractivity contribution in [1.82, 2.24) is 9.71 Å². The Morgan fingerprint density at radius 2 is 1.70 bits per heavy atom. The molecular formula is C20H18F2N2O4S2. The van der Waals surface area contributed by atoms with E-state index in [1.807, 2.05) is 0 Å². The van der Waals surface area contributed by atoms with Crippen LogP contribution in [-0.2, 0) is 19.9 Å². The minimum Gasteiger partial charge on any atom is -0.264 e. The summed E-state index contributed by atoms with van der Waals surface area (Å²) in [5, 5.41) is -1.33. The van der Waals surface area contributed by atoms with Crippen LogP contribution in [0.25, 0.3) is 0 Å². The summed E-state index contributed by atoms with van der Waals surface area (Å²) in [7, 11) is -8.54. The summed E-state index contributed by atoms with van der Waals surface area (Å²) in [6.07, 6.45) is 2.76. The van der Waals surface area contributed by atoms with Crippen LogP contribution in [0.15, 0.2) is 76.8 Å². The van der Waals surface area contributed by atoms with Gasteiger partial charge in [-0.05, 0) is 48.9 Å². The number of pyridine rings is 1. The lowest BCUT2D eigenvalue weighted by Gasteiger charge is -2.19. The van der Waals surface area contributed by atoms with Gasteiger partial charge >= 0.3 is 0 Å². The second-order valence-electron chi connectivity index (χ2n) is 6.56. The van der Waals surface area contributed by atoms with Gasteiger partial charge in [0, 0.05) is 18.9 Å². The third kappa shape index (κ3) is 4.72. The third-order valence-electron chi connectivity index (χ3n) is 4.42. The number of hydrogen-bond donors (Lipinski definition) is 1. The molecule has 0 saturated heterocycles. The van der Waals surface area contributed by atoms with E-state index in [2.05, 4.69) is 9.71 Å². The highest BCUT2D eigenvalue weighted by Gasteiger charge is 2.31. The largest absolute Gasteiger partial charge is 0.264 e. The molecule has 0 aliphatic heterocycles. The summed E-state index contributed by atoms with van der Waals surface area (Å²) in [5.74, 6) is -2.09. The Labute approximate surface area is 173 Å². The Morgan fingerprint density at radius 3 is 2.33 bits per heavy atom. The molecule has 158 valence electrons. The number of sulfone groups is 1. The monoisotopic (exact) mass is 452 g/mol. The van der Waals surface area contributed by atoms with Gasteiger partial charge in [-0.15, -0.1) is 0 Å². The van der Waals surface area contributed by atoms with Crippen molar-refractivity contribution in [3.05, 3.63) is 89.8 Å². The highest BCUT2D eigenvalue weighted by Crippen LogP contribution is 2.29. The van der Waals surface area contributed by atoms with E-state index in [-0.39, 0.29) is 10.5 Å². The summed E-state index contributed by atoms with van der Waals surface area (Å²) < 4.78 is 80.9. The molecule has 0 radical (unpaired) electrons. The minimum absolute atomic E-state index is 0.00177. The van der Waals surface area contributed by atoms with Gasteiger partial charge in [0.2, 0.25) is 10.0 Å². The van der Waals surface area contributed by atoms with Gasteiger partial charge in [0.1, 0.15) is 21.8 Å². The molecular weight excluding hydrogens is 434 g/mol. The van der Waals surface area contributed by atoms with Gasteiger partial charge < -0.3 is 0 Å². The highest BCUT2D eigenvalue weighted by molar-refractivity contribution is 7.92. The second-order valence-corrected chi connectivity index (χ2v) is 10.4. The maximum atomic E-state index is 13.9. The molecule has 3 aromatic rings. The Bertz CT molecular complexity index is 1250. The molecule has 0 aliphatic carbocycles. The number of hydrogen-bond acceptors (Lipinski definition) is 5. The summed E-state index contributed by atoms with van der Waals surface area (Å²) >= 11 is 0. The fraction of sp³-hybridized carbons (Fsp3) is 0.150. The summed E-state index contributed by atoms with van der Waals surface area (Å²) in [5.41, 5.74) is 1.11. The van der Waals surface area contributed by atoms with Crippen LogP contribution >= 0.6 is 0 Å². The molecule has 6 nitrogen and oxygen atoms in total. The number of nitrogens with zero attached hydrogens (tertiary/aromatic N) is 1. The molecule has 2 aromatic carbocycles. The van der Waals surface area contributed by atoms with E-state index in [0.717, 1.165) is 11.6 Å². The van der Waals surface area contributed by atoms with Gasteiger partial charge in [-0.2, -0.15) is 0 Å². The lowest BCUT2D eigenvalue weighted by Crippen LogP contribution is -2.32. The number of benzene rings is 2. The van der Waals surface area contributed by atoms with Gasteiger partial charge in [0.05, 0.1) is 4.90 Å². The fourth-order valence-electron chi connectivity index (χ4n) is 2.81. The Morgan fingerprint density at radius 1 is 1.00 bits per heavy atom. The van der Waals surface area contributed by atoms with Crippen LogP contribution in [0.4, 0.5) is 8.78 Å². The smallest absolute Gasteiger partial charge is 0.243 e. The molecule has 0 spiro atoms. The van der Waals surface area contributed by atoms with Crippen molar-refractivity contribution in [2.75, 3.05) is 6.54 Å². The zero-order valence-corrected chi connectivity index (χ0v) is 17.4. The molecule has 0 fully saturated rings. The quantitative estimate of drug-likeness (QED) is 0.594. The molecule has 0 aliphatic rings. The number of rotatable bonds is 7. The van der Waals surface area contributed by atoms with Crippen molar-refractivity contribution < 1.29 is 25.6 Å². The van der Waals surface area contributed by atoms with E-state index < -0.39 is 48.2 Å². The molecule has 0 bridgehead atoms. The number of sulfonamides is 1. The molecule has 1 unspecified atom stereocenters. The van der Waals surface area contributed by atoms with Crippen LogP contribution in [0.3, 0.4) is 0 Å². The average Bonchev–Trinajstić information content (AvgIpc) is 2.71. The Kier molecular flexibility index (Phi) is 6.30. The SMILES string of the molecule is Cc1ccc(S(=O)(=O)C(CNS(=O)(=O)c2cc(F)ccc2F)c2cccnc2)cc1. The van der Waals surface area contributed by atoms with Crippen molar-refractivity contribution in [3.8, 4) is 0 Å². The summed E-state index contributed by atoms with van der Waals surface area (Å²) in [6.45, 7) is 1.21. The number of halogens is 2. The molecule has 1 heterocycles. The van der Waals surface area contributed by atoms with Crippen LogP contribution in [0, 0.1) is 18.6 Å². The molecule has 0 amide bonds. The molecule has 1 aromatic heterocycles. The molecule has 30 heavy (non-hydrogen) atoms. The van der Waals surface area contributed by atoms with E-state index in [0.29, 0.717) is 12.1 Å². The van der Waals surface area contributed by atoms with Crippen LogP contribution in [0.5, 0.6) is 0 Å². The van der Waals surface area contributed by atoms with Crippen molar-refractivity contribution in [2.45, 2.75) is 22.0 Å². The maximum absolute atomic E-state index is 13.9. The standard InChI is InChI=1S/C20H18F2N2O4S2/c1-14-4-7-17(8-5-14)29(25,26)20(15-3-2-10-23-12-15)13-24-30(27,28)19-11-16(21)6-9-18(19)22/h2-12,20,24H,13H2,1H3. The Hall–Kier alpha value is -2.69. The van der Waals surface area contributed by atoms with Gasteiger partial charge in [-0.3, -0.25) is 4.98 Å². The van der Waals surface area contributed by atoms with Crippen LogP contribution in [-0.4, -0.2) is 28.4 Å². The van der Waals surface area contributed by atoms with Crippen molar-refractivity contribution in [2.24, 2.45) is 0 Å². The molecule has 1 N–H and O–H groups in total. The maximum Gasteiger partial charge on any atom is 0.243 e. The van der Waals surface area contributed by atoms with Gasteiger partial charge in [-0.1, -0.05) is 23.8 Å². The first-order valence-electron chi connectivity index (χ1n) is 8.76. The van der Waals surface area contributed by atoms with Crippen LogP contribution in [0.1, 0.15) is 16.4 Å².